The normalized spacial score (nSPS) is 25.6. The van der Waals surface area contributed by atoms with Gasteiger partial charge in [-0.1, -0.05) is 13.3 Å². The van der Waals surface area contributed by atoms with Crippen molar-refractivity contribution < 1.29 is 19.4 Å². The maximum Gasteiger partial charge on any atom is 0.329 e. The third kappa shape index (κ3) is 4.09. The second-order valence-electron chi connectivity index (χ2n) is 5.30. The maximum absolute atomic E-state index is 11.9. The van der Waals surface area contributed by atoms with E-state index in [1.807, 2.05) is 6.92 Å². The molecule has 6 heteroatoms. The first-order valence-electron chi connectivity index (χ1n) is 6.77. The summed E-state index contributed by atoms with van der Waals surface area (Å²) in [6.45, 7) is 3.42. The topological polar surface area (TPSA) is 87.7 Å². The summed E-state index contributed by atoms with van der Waals surface area (Å²) in [4.78, 5) is 23.2. The molecule has 1 fully saturated rings. The first-order valence-corrected chi connectivity index (χ1v) is 6.77. The first kappa shape index (κ1) is 15.8. The number of carboxylic acid groups (broad SMARTS) is 1. The highest BCUT2D eigenvalue weighted by Gasteiger charge is 2.35. The molecular weight excluding hydrogens is 248 g/mol. The number of amides is 2. The van der Waals surface area contributed by atoms with Crippen molar-refractivity contribution in [3.8, 4) is 0 Å². The molecule has 110 valence electrons. The highest BCUT2D eigenvalue weighted by atomic mass is 16.5. The molecular formula is C13H24N2O4. The molecule has 0 aromatic carbocycles. The molecule has 2 amide bonds. The van der Waals surface area contributed by atoms with Crippen LogP contribution in [0.4, 0.5) is 4.79 Å². The Kier molecular flexibility index (Phi) is 5.60. The van der Waals surface area contributed by atoms with Gasteiger partial charge >= 0.3 is 12.0 Å². The number of urea groups is 1. The summed E-state index contributed by atoms with van der Waals surface area (Å²) in [6, 6.07) is -0.475. The van der Waals surface area contributed by atoms with Crippen molar-refractivity contribution in [2.24, 2.45) is 0 Å². The Morgan fingerprint density at radius 2 is 2.11 bits per heavy atom. The molecule has 0 aromatic heterocycles. The molecule has 0 aliphatic heterocycles. The van der Waals surface area contributed by atoms with Crippen LogP contribution < -0.4 is 10.6 Å². The zero-order valence-corrected chi connectivity index (χ0v) is 11.9. The third-order valence-corrected chi connectivity index (χ3v) is 3.68. The minimum atomic E-state index is -1.22. The van der Waals surface area contributed by atoms with Gasteiger partial charge < -0.3 is 20.5 Å². The second kappa shape index (κ2) is 6.75. The lowest BCUT2D eigenvalue weighted by Crippen LogP contribution is -2.57. The van der Waals surface area contributed by atoms with E-state index in [1.54, 1.807) is 7.11 Å². The second-order valence-corrected chi connectivity index (χ2v) is 5.30. The summed E-state index contributed by atoms with van der Waals surface area (Å²) in [6.07, 6.45) is 3.90. The van der Waals surface area contributed by atoms with Crippen molar-refractivity contribution in [3.63, 3.8) is 0 Å². The van der Waals surface area contributed by atoms with Crippen LogP contribution in [0.5, 0.6) is 0 Å². The van der Waals surface area contributed by atoms with Gasteiger partial charge in [-0.15, -0.1) is 0 Å². The minimum absolute atomic E-state index is 0.0213. The lowest BCUT2D eigenvalue weighted by atomic mass is 9.96. The van der Waals surface area contributed by atoms with Gasteiger partial charge in [-0.05, 0) is 32.6 Å². The van der Waals surface area contributed by atoms with E-state index in [1.165, 1.54) is 6.92 Å². The van der Waals surface area contributed by atoms with Crippen molar-refractivity contribution >= 4 is 12.0 Å². The number of carbonyl (C=O) groups excluding carboxylic acids is 1. The number of ether oxygens (including phenoxy) is 1. The lowest BCUT2D eigenvalue weighted by molar-refractivity contribution is -0.144. The molecule has 0 radical (unpaired) electrons. The van der Waals surface area contributed by atoms with E-state index < -0.39 is 17.5 Å². The quantitative estimate of drug-likeness (QED) is 0.683. The lowest BCUT2D eigenvalue weighted by Gasteiger charge is -2.28. The van der Waals surface area contributed by atoms with Gasteiger partial charge in [0, 0.05) is 7.11 Å². The van der Waals surface area contributed by atoms with Gasteiger partial charge in [0.1, 0.15) is 5.54 Å². The summed E-state index contributed by atoms with van der Waals surface area (Å²) >= 11 is 0. The van der Waals surface area contributed by atoms with Crippen molar-refractivity contribution in [3.05, 3.63) is 0 Å². The summed E-state index contributed by atoms with van der Waals surface area (Å²) in [5.74, 6) is -1.01. The Morgan fingerprint density at radius 1 is 1.42 bits per heavy atom. The average Bonchev–Trinajstić information content (AvgIpc) is 2.75. The van der Waals surface area contributed by atoms with Gasteiger partial charge in [0.15, 0.2) is 0 Å². The van der Waals surface area contributed by atoms with Crippen LogP contribution in [0.15, 0.2) is 0 Å². The monoisotopic (exact) mass is 272 g/mol. The summed E-state index contributed by atoms with van der Waals surface area (Å²) in [5.41, 5.74) is -1.22. The fraction of sp³-hybridized carbons (Fsp3) is 0.846. The molecule has 0 aromatic rings. The number of hydrogen-bond donors (Lipinski definition) is 3. The Morgan fingerprint density at radius 3 is 2.63 bits per heavy atom. The molecule has 0 bridgehead atoms. The first-order chi connectivity index (χ1) is 8.92. The zero-order chi connectivity index (χ0) is 14.5. The molecule has 1 saturated carbocycles. The van der Waals surface area contributed by atoms with E-state index in [0.29, 0.717) is 12.8 Å². The molecule has 3 N–H and O–H groups in total. The average molecular weight is 272 g/mol. The maximum atomic E-state index is 11.9. The SMILES string of the molecule is CCCC(C)(NC(=O)NC1CCCC1OC)C(=O)O. The molecule has 0 saturated heterocycles. The third-order valence-electron chi connectivity index (χ3n) is 3.68. The predicted octanol–water partition coefficient (Wildman–Crippen LogP) is 1.50. The van der Waals surface area contributed by atoms with E-state index >= 15 is 0 Å². The molecule has 3 atom stereocenters. The summed E-state index contributed by atoms with van der Waals surface area (Å²) in [5, 5.41) is 14.6. The Balaban J connectivity index is 2.56. The predicted molar refractivity (Wildman–Crippen MR) is 71.1 cm³/mol. The fourth-order valence-corrected chi connectivity index (χ4v) is 2.55. The van der Waals surface area contributed by atoms with Crippen LogP contribution in [0.2, 0.25) is 0 Å². The number of aliphatic carboxylic acids is 1. The molecule has 0 spiro atoms. The largest absolute Gasteiger partial charge is 0.480 e. The van der Waals surface area contributed by atoms with Crippen LogP contribution in [0.3, 0.4) is 0 Å². The fourth-order valence-electron chi connectivity index (χ4n) is 2.55. The number of methoxy groups -OCH3 is 1. The van der Waals surface area contributed by atoms with Crippen LogP contribution in [-0.4, -0.2) is 41.9 Å². The van der Waals surface area contributed by atoms with Gasteiger partial charge in [-0.3, -0.25) is 0 Å². The van der Waals surface area contributed by atoms with Gasteiger partial charge in [0.05, 0.1) is 12.1 Å². The molecule has 19 heavy (non-hydrogen) atoms. The van der Waals surface area contributed by atoms with Crippen molar-refractivity contribution in [2.75, 3.05) is 7.11 Å². The Labute approximate surface area is 113 Å². The van der Waals surface area contributed by atoms with E-state index in [4.69, 9.17) is 4.74 Å². The molecule has 0 heterocycles. The van der Waals surface area contributed by atoms with E-state index in [2.05, 4.69) is 10.6 Å². The molecule has 6 nitrogen and oxygen atoms in total. The zero-order valence-electron chi connectivity index (χ0n) is 11.9. The minimum Gasteiger partial charge on any atom is -0.480 e. The van der Waals surface area contributed by atoms with Crippen LogP contribution in [0, 0.1) is 0 Å². The van der Waals surface area contributed by atoms with Crippen LogP contribution in [-0.2, 0) is 9.53 Å². The molecule has 3 unspecified atom stereocenters. The van der Waals surface area contributed by atoms with Gasteiger partial charge in [0.2, 0.25) is 0 Å². The molecule has 1 aliphatic rings. The number of hydrogen-bond acceptors (Lipinski definition) is 3. The van der Waals surface area contributed by atoms with E-state index in [-0.39, 0.29) is 12.1 Å². The van der Waals surface area contributed by atoms with Crippen LogP contribution >= 0.6 is 0 Å². The van der Waals surface area contributed by atoms with Crippen LogP contribution in [0.1, 0.15) is 46.0 Å². The number of nitrogens with one attached hydrogen (secondary N) is 2. The number of carbonyl (C=O) groups is 2. The van der Waals surface area contributed by atoms with Gasteiger partial charge in [-0.25, -0.2) is 9.59 Å². The van der Waals surface area contributed by atoms with Crippen molar-refractivity contribution in [1.82, 2.24) is 10.6 Å². The summed E-state index contributed by atoms with van der Waals surface area (Å²) in [7, 11) is 1.63. The van der Waals surface area contributed by atoms with Crippen molar-refractivity contribution in [1.29, 1.82) is 0 Å². The number of carboxylic acids is 1. The van der Waals surface area contributed by atoms with Gasteiger partial charge in [-0.2, -0.15) is 0 Å². The van der Waals surface area contributed by atoms with Gasteiger partial charge in [0.25, 0.3) is 0 Å². The van der Waals surface area contributed by atoms with E-state index in [0.717, 1.165) is 19.3 Å². The van der Waals surface area contributed by atoms with E-state index in [9.17, 15) is 14.7 Å². The smallest absolute Gasteiger partial charge is 0.329 e. The Bertz CT molecular complexity index is 335. The summed E-state index contributed by atoms with van der Waals surface area (Å²) < 4.78 is 5.29. The Hall–Kier alpha value is -1.30. The molecule has 1 aliphatic carbocycles. The highest BCUT2D eigenvalue weighted by molar-refractivity contribution is 5.85. The van der Waals surface area contributed by atoms with Crippen LogP contribution in [0.25, 0.3) is 0 Å². The standard InChI is InChI=1S/C13H24N2O4/c1-4-8-13(2,11(16)17)15-12(18)14-9-6-5-7-10(9)19-3/h9-10H,4-8H2,1-3H3,(H,16,17)(H2,14,15,18). The number of rotatable bonds is 6. The van der Waals surface area contributed by atoms with Crippen molar-refractivity contribution in [2.45, 2.75) is 63.6 Å². The molecule has 1 rings (SSSR count). The highest BCUT2D eigenvalue weighted by Crippen LogP contribution is 2.21.